The summed E-state index contributed by atoms with van der Waals surface area (Å²) >= 11 is 0. The van der Waals surface area contributed by atoms with Crippen LogP contribution in [0.5, 0.6) is 0 Å². The molecule has 0 spiro atoms. The average molecular weight is 298 g/mol. The average Bonchev–Trinajstić information content (AvgIpc) is 3.19. The molecular weight excluding hydrogens is 280 g/mol. The number of hydrogen-bond acceptors (Lipinski definition) is 5. The molecule has 1 saturated heterocycles. The molecule has 114 valence electrons. The van der Waals surface area contributed by atoms with Crippen molar-refractivity contribution in [3.05, 3.63) is 30.4 Å². The highest BCUT2D eigenvalue weighted by molar-refractivity contribution is 5.80. The van der Waals surface area contributed by atoms with E-state index in [1.807, 2.05) is 17.0 Å². The maximum Gasteiger partial charge on any atom is 0.249 e. The molecule has 2 aromatic heterocycles. The summed E-state index contributed by atoms with van der Waals surface area (Å²) in [5.74, 6) is 1.53. The van der Waals surface area contributed by atoms with Crippen molar-refractivity contribution in [3.63, 3.8) is 0 Å². The lowest BCUT2D eigenvalue weighted by Gasteiger charge is -2.40. The summed E-state index contributed by atoms with van der Waals surface area (Å²) in [6.07, 6.45) is 8.68. The number of hydrogen-bond donors (Lipinski definition) is 0. The Labute approximate surface area is 128 Å². The van der Waals surface area contributed by atoms with Crippen molar-refractivity contribution >= 4 is 5.91 Å². The molecule has 6 nitrogen and oxygen atoms in total. The van der Waals surface area contributed by atoms with Gasteiger partial charge < -0.3 is 9.42 Å². The Morgan fingerprint density at radius 1 is 1.27 bits per heavy atom. The Bertz CT molecular complexity index is 664. The number of carbonyl (C=O) groups excluding carboxylic acids is 1. The molecule has 6 heteroatoms. The van der Waals surface area contributed by atoms with Gasteiger partial charge in [-0.3, -0.25) is 9.78 Å². The van der Waals surface area contributed by atoms with Crippen LogP contribution in [-0.2, 0) is 4.79 Å². The quantitative estimate of drug-likeness (QED) is 0.871. The number of likely N-dealkylation sites (tertiary alicyclic amines) is 1. The van der Waals surface area contributed by atoms with Crippen molar-refractivity contribution < 1.29 is 9.32 Å². The van der Waals surface area contributed by atoms with E-state index in [1.165, 1.54) is 12.8 Å². The molecule has 0 N–H and O–H groups in total. The first-order valence-corrected chi connectivity index (χ1v) is 7.87. The summed E-state index contributed by atoms with van der Waals surface area (Å²) in [7, 11) is 0. The summed E-state index contributed by atoms with van der Waals surface area (Å²) in [6, 6.07) is 3.68. The van der Waals surface area contributed by atoms with E-state index in [1.54, 1.807) is 12.4 Å². The Kier molecular flexibility index (Phi) is 3.36. The standard InChI is InChI=1S/C16H18N4O2/c21-16(11-4-1-2-5-11)20-9-7-13(20)15-18-14(19-22-15)12-6-3-8-17-10-12/h3,6,8,10-11,13H,1-2,4-5,7,9H2/t13-/m1/s1. The molecule has 2 aromatic rings. The predicted octanol–water partition coefficient (Wildman–Crippen LogP) is 2.60. The van der Waals surface area contributed by atoms with Crippen LogP contribution in [0.3, 0.4) is 0 Å². The zero-order chi connectivity index (χ0) is 14.9. The highest BCUT2D eigenvalue weighted by Crippen LogP contribution is 2.37. The molecule has 0 unspecified atom stereocenters. The first-order chi connectivity index (χ1) is 10.8. The number of amides is 1. The maximum absolute atomic E-state index is 12.5. The molecule has 1 aliphatic heterocycles. The molecule has 2 fully saturated rings. The molecule has 2 aliphatic rings. The molecular formula is C16H18N4O2. The highest BCUT2D eigenvalue weighted by atomic mass is 16.5. The monoisotopic (exact) mass is 298 g/mol. The van der Waals surface area contributed by atoms with Crippen LogP contribution in [-0.4, -0.2) is 32.5 Å². The Morgan fingerprint density at radius 3 is 2.82 bits per heavy atom. The molecule has 1 atom stereocenters. The Balaban J connectivity index is 1.50. The van der Waals surface area contributed by atoms with Crippen LogP contribution in [0.1, 0.15) is 44.0 Å². The molecule has 0 aromatic carbocycles. The maximum atomic E-state index is 12.5. The molecule has 22 heavy (non-hydrogen) atoms. The van der Waals surface area contributed by atoms with E-state index in [0.29, 0.717) is 11.7 Å². The van der Waals surface area contributed by atoms with Crippen LogP contribution >= 0.6 is 0 Å². The molecule has 0 radical (unpaired) electrons. The van der Waals surface area contributed by atoms with Gasteiger partial charge in [0.25, 0.3) is 0 Å². The van der Waals surface area contributed by atoms with Gasteiger partial charge in [0.05, 0.1) is 0 Å². The largest absolute Gasteiger partial charge is 0.337 e. The summed E-state index contributed by atoms with van der Waals surface area (Å²) in [4.78, 5) is 22.9. The zero-order valence-electron chi connectivity index (χ0n) is 12.3. The van der Waals surface area contributed by atoms with Gasteiger partial charge in [0, 0.05) is 30.4 Å². The van der Waals surface area contributed by atoms with Crippen molar-refractivity contribution in [1.82, 2.24) is 20.0 Å². The lowest BCUT2D eigenvalue weighted by Crippen LogP contribution is -2.47. The minimum absolute atomic E-state index is 0.0500. The molecule has 1 amide bonds. The fourth-order valence-electron chi connectivity index (χ4n) is 3.30. The van der Waals surface area contributed by atoms with Crippen LogP contribution in [0.2, 0.25) is 0 Å². The van der Waals surface area contributed by atoms with Crippen molar-refractivity contribution in [3.8, 4) is 11.4 Å². The topological polar surface area (TPSA) is 72.1 Å². The van der Waals surface area contributed by atoms with E-state index in [2.05, 4.69) is 15.1 Å². The third kappa shape index (κ3) is 2.28. The molecule has 3 heterocycles. The number of aromatic nitrogens is 3. The van der Waals surface area contributed by atoms with E-state index < -0.39 is 0 Å². The van der Waals surface area contributed by atoms with Gasteiger partial charge >= 0.3 is 0 Å². The van der Waals surface area contributed by atoms with Crippen molar-refractivity contribution in [2.75, 3.05) is 6.54 Å². The van der Waals surface area contributed by atoms with Gasteiger partial charge in [-0.1, -0.05) is 18.0 Å². The molecule has 1 saturated carbocycles. The second-order valence-electron chi connectivity index (χ2n) is 6.02. The van der Waals surface area contributed by atoms with E-state index in [4.69, 9.17) is 4.52 Å². The molecule has 0 bridgehead atoms. The van der Waals surface area contributed by atoms with Gasteiger partial charge in [0.2, 0.25) is 17.6 Å². The van der Waals surface area contributed by atoms with Crippen molar-refractivity contribution in [1.29, 1.82) is 0 Å². The summed E-state index contributed by atoms with van der Waals surface area (Å²) in [5.41, 5.74) is 0.825. The van der Waals surface area contributed by atoms with Gasteiger partial charge in [0.1, 0.15) is 6.04 Å². The predicted molar refractivity (Wildman–Crippen MR) is 78.6 cm³/mol. The number of carbonyl (C=O) groups is 1. The Morgan fingerprint density at radius 2 is 2.14 bits per heavy atom. The minimum Gasteiger partial charge on any atom is -0.337 e. The second kappa shape index (κ2) is 5.51. The number of pyridine rings is 1. The van der Waals surface area contributed by atoms with E-state index in [0.717, 1.165) is 31.4 Å². The van der Waals surface area contributed by atoms with Gasteiger partial charge in [-0.15, -0.1) is 0 Å². The third-order valence-corrected chi connectivity index (χ3v) is 4.65. The van der Waals surface area contributed by atoms with E-state index in [9.17, 15) is 4.79 Å². The molecule has 4 rings (SSSR count). The summed E-state index contributed by atoms with van der Waals surface area (Å²) < 4.78 is 5.38. The minimum atomic E-state index is -0.0500. The molecule has 1 aliphatic carbocycles. The van der Waals surface area contributed by atoms with Gasteiger partial charge in [-0.05, 0) is 31.4 Å². The Hall–Kier alpha value is -2.24. The van der Waals surface area contributed by atoms with Crippen LogP contribution in [0.25, 0.3) is 11.4 Å². The van der Waals surface area contributed by atoms with Crippen molar-refractivity contribution in [2.45, 2.75) is 38.1 Å². The van der Waals surface area contributed by atoms with Crippen LogP contribution in [0.4, 0.5) is 0 Å². The van der Waals surface area contributed by atoms with Crippen LogP contribution in [0, 0.1) is 5.92 Å². The van der Waals surface area contributed by atoms with E-state index in [-0.39, 0.29) is 17.9 Å². The lowest BCUT2D eigenvalue weighted by molar-refractivity contribution is -0.144. The summed E-state index contributed by atoms with van der Waals surface area (Å²) in [6.45, 7) is 0.796. The summed E-state index contributed by atoms with van der Waals surface area (Å²) in [5, 5.41) is 4.02. The SMILES string of the molecule is O=C(C1CCCC1)N1CC[C@@H]1c1nc(-c2cccnc2)no1. The van der Waals surface area contributed by atoms with Crippen LogP contribution in [0.15, 0.2) is 29.0 Å². The third-order valence-electron chi connectivity index (χ3n) is 4.65. The van der Waals surface area contributed by atoms with Gasteiger partial charge in [-0.2, -0.15) is 4.98 Å². The normalized spacial score (nSPS) is 21.8. The van der Waals surface area contributed by atoms with Gasteiger partial charge in [-0.25, -0.2) is 0 Å². The fraction of sp³-hybridized carbons (Fsp3) is 0.500. The highest BCUT2D eigenvalue weighted by Gasteiger charge is 2.40. The first kappa shape index (κ1) is 13.4. The number of rotatable bonds is 3. The zero-order valence-corrected chi connectivity index (χ0v) is 12.3. The van der Waals surface area contributed by atoms with Crippen LogP contribution < -0.4 is 0 Å². The van der Waals surface area contributed by atoms with Crippen molar-refractivity contribution in [2.24, 2.45) is 5.92 Å². The van der Waals surface area contributed by atoms with Gasteiger partial charge in [0.15, 0.2) is 0 Å². The second-order valence-corrected chi connectivity index (χ2v) is 6.02. The fourth-order valence-corrected chi connectivity index (χ4v) is 3.30. The number of nitrogens with zero attached hydrogens (tertiary/aromatic N) is 4. The smallest absolute Gasteiger partial charge is 0.249 e. The lowest BCUT2D eigenvalue weighted by atomic mass is 9.98. The van der Waals surface area contributed by atoms with E-state index >= 15 is 0 Å². The first-order valence-electron chi connectivity index (χ1n) is 7.87.